The van der Waals surface area contributed by atoms with E-state index in [1.165, 1.54) is 0 Å². The Kier molecular flexibility index (Phi) is 2.37. The second-order valence-corrected chi connectivity index (χ2v) is 3.47. The number of carbonyl (C=O) groups is 2. The first kappa shape index (κ1) is 9.64. The molecule has 0 bridgehead atoms. The lowest BCUT2D eigenvalue weighted by atomic mass is 9.82. The fourth-order valence-corrected chi connectivity index (χ4v) is 1.76. The molecule has 2 aliphatic rings. The Bertz CT molecular complexity index is 395. The number of hydrogen-bond donors (Lipinski definition) is 2. The Morgan fingerprint density at radius 3 is 2.73 bits per heavy atom. The van der Waals surface area contributed by atoms with Gasteiger partial charge in [0.15, 0.2) is 0 Å². The van der Waals surface area contributed by atoms with Gasteiger partial charge in [-0.2, -0.15) is 5.10 Å². The second-order valence-electron chi connectivity index (χ2n) is 3.47. The molecule has 2 atom stereocenters. The molecule has 2 rings (SSSR count). The first-order valence-electron chi connectivity index (χ1n) is 4.61. The van der Waals surface area contributed by atoms with E-state index in [1.807, 2.05) is 6.08 Å². The van der Waals surface area contributed by atoms with Gasteiger partial charge in [-0.15, -0.1) is 0 Å². The zero-order valence-electron chi connectivity index (χ0n) is 7.88. The van der Waals surface area contributed by atoms with E-state index in [1.54, 1.807) is 18.2 Å². The van der Waals surface area contributed by atoms with E-state index >= 15 is 0 Å². The van der Waals surface area contributed by atoms with E-state index in [-0.39, 0.29) is 24.2 Å². The summed E-state index contributed by atoms with van der Waals surface area (Å²) in [5, 5.41) is 12.5. The average Bonchev–Trinajstić information content (AvgIpc) is 2.22. The molecule has 0 aromatic heterocycles. The monoisotopic (exact) mass is 206 g/mol. The number of hydrazone groups is 1. The zero-order chi connectivity index (χ0) is 10.8. The van der Waals surface area contributed by atoms with Gasteiger partial charge >= 0.3 is 5.97 Å². The number of nitrogens with zero attached hydrogens (tertiary/aromatic N) is 1. The molecule has 2 N–H and O–H groups in total. The average molecular weight is 206 g/mol. The van der Waals surface area contributed by atoms with Crippen molar-refractivity contribution in [1.29, 1.82) is 0 Å². The molecule has 5 heteroatoms. The zero-order valence-corrected chi connectivity index (χ0v) is 7.88. The highest BCUT2D eigenvalue weighted by Crippen LogP contribution is 2.25. The van der Waals surface area contributed by atoms with Crippen LogP contribution in [0.1, 0.15) is 6.42 Å². The Hall–Kier alpha value is -1.91. The largest absolute Gasteiger partial charge is 0.481 e. The molecule has 0 radical (unpaired) electrons. The molecule has 1 aliphatic carbocycles. The van der Waals surface area contributed by atoms with E-state index in [0.29, 0.717) is 5.71 Å². The van der Waals surface area contributed by atoms with E-state index < -0.39 is 5.97 Å². The standard InChI is InChI=1S/C10H10N2O3/c13-9(14)5-8-6-3-1-2-4-7(6)10(15)12-11-8/h1-4,6-7H,5H2,(H,12,15)(H,13,14)/t6-,7-/m1/s1. The van der Waals surface area contributed by atoms with E-state index in [4.69, 9.17) is 5.11 Å². The summed E-state index contributed by atoms with van der Waals surface area (Å²) in [5.41, 5.74) is 2.83. The minimum Gasteiger partial charge on any atom is -0.481 e. The first-order chi connectivity index (χ1) is 7.18. The minimum absolute atomic E-state index is 0.139. The van der Waals surface area contributed by atoms with Gasteiger partial charge < -0.3 is 5.11 Å². The third-order valence-electron chi connectivity index (χ3n) is 2.46. The van der Waals surface area contributed by atoms with Crippen LogP contribution in [0, 0.1) is 11.8 Å². The molecule has 5 nitrogen and oxygen atoms in total. The number of rotatable bonds is 2. The van der Waals surface area contributed by atoms with Crippen LogP contribution in [0.25, 0.3) is 0 Å². The van der Waals surface area contributed by atoms with Crippen LogP contribution in [0.2, 0.25) is 0 Å². The van der Waals surface area contributed by atoms with Gasteiger partial charge in [0, 0.05) is 5.92 Å². The number of carboxylic acid groups (broad SMARTS) is 1. The lowest BCUT2D eigenvalue weighted by Crippen LogP contribution is -2.41. The molecule has 78 valence electrons. The molecule has 15 heavy (non-hydrogen) atoms. The number of nitrogens with one attached hydrogen (secondary N) is 1. The highest BCUT2D eigenvalue weighted by molar-refractivity contribution is 6.05. The van der Waals surface area contributed by atoms with E-state index in [0.717, 1.165) is 0 Å². The number of carbonyl (C=O) groups excluding carboxylic acids is 1. The predicted molar refractivity (Wildman–Crippen MR) is 53.1 cm³/mol. The molecule has 1 amide bonds. The number of hydrogen-bond acceptors (Lipinski definition) is 3. The van der Waals surface area contributed by atoms with Crippen LogP contribution in [-0.4, -0.2) is 22.7 Å². The van der Waals surface area contributed by atoms with Crippen molar-refractivity contribution in [2.75, 3.05) is 0 Å². The topological polar surface area (TPSA) is 78.8 Å². The molecular weight excluding hydrogens is 196 g/mol. The van der Waals surface area contributed by atoms with Crippen molar-refractivity contribution in [1.82, 2.24) is 5.43 Å². The van der Waals surface area contributed by atoms with Crippen molar-refractivity contribution in [3.63, 3.8) is 0 Å². The lowest BCUT2D eigenvalue weighted by molar-refractivity contribution is -0.136. The van der Waals surface area contributed by atoms with Gasteiger partial charge in [-0.3, -0.25) is 9.59 Å². The van der Waals surface area contributed by atoms with Gasteiger partial charge in [0.25, 0.3) is 0 Å². The maximum atomic E-state index is 11.4. The second kappa shape index (κ2) is 3.68. The van der Waals surface area contributed by atoms with Crippen molar-refractivity contribution in [2.45, 2.75) is 6.42 Å². The molecule has 0 aromatic rings. The molecule has 0 saturated carbocycles. The SMILES string of the molecule is O=C(O)CC1=NNC(=O)[C@@H]2C=CC=C[C@@H]12. The van der Waals surface area contributed by atoms with Crippen LogP contribution in [0.5, 0.6) is 0 Å². The molecular formula is C10H10N2O3. The van der Waals surface area contributed by atoms with Crippen LogP contribution in [-0.2, 0) is 9.59 Å². The Labute approximate surface area is 86.2 Å². The van der Waals surface area contributed by atoms with Crippen LogP contribution in [0.15, 0.2) is 29.4 Å². The molecule has 1 aliphatic heterocycles. The maximum absolute atomic E-state index is 11.4. The molecule has 0 fully saturated rings. The summed E-state index contributed by atoms with van der Waals surface area (Å²) < 4.78 is 0. The van der Waals surface area contributed by atoms with Crippen LogP contribution >= 0.6 is 0 Å². The van der Waals surface area contributed by atoms with E-state index in [9.17, 15) is 9.59 Å². The summed E-state index contributed by atoms with van der Waals surface area (Å²) in [6, 6.07) is 0. The lowest BCUT2D eigenvalue weighted by Gasteiger charge is -2.27. The molecule has 0 spiro atoms. The number of aliphatic carboxylic acids is 1. The summed E-state index contributed by atoms with van der Waals surface area (Å²) in [6.45, 7) is 0. The van der Waals surface area contributed by atoms with Gasteiger partial charge in [0.2, 0.25) is 5.91 Å². The fourth-order valence-electron chi connectivity index (χ4n) is 1.76. The van der Waals surface area contributed by atoms with Crippen LogP contribution in [0.3, 0.4) is 0 Å². The molecule has 0 unspecified atom stereocenters. The van der Waals surface area contributed by atoms with Crippen molar-refractivity contribution in [3.8, 4) is 0 Å². The van der Waals surface area contributed by atoms with Gasteiger partial charge in [0.05, 0.1) is 18.1 Å². The highest BCUT2D eigenvalue weighted by atomic mass is 16.4. The van der Waals surface area contributed by atoms with Crippen LogP contribution < -0.4 is 5.43 Å². The summed E-state index contributed by atoms with van der Waals surface area (Å²) in [5.74, 6) is -1.65. The first-order valence-corrected chi connectivity index (χ1v) is 4.61. The Morgan fingerprint density at radius 1 is 1.40 bits per heavy atom. The molecule has 1 heterocycles. The summed E-state index contributed by atoms with van der Waals surface area (Å²) in [4.78, 5) is 22.0. The number of allylic oxidation sites excluding steroid dienone is 3. The Balaban J connectivity index is 2.26. The van der Waals surface area contributed by atoms with Crippen molar-refractivity contribution in [2.24, 2.45) is 16.9 Å². The highest BCUT2D eigenvalue weighted by Gasteiger charge is 2.33. The normalized spacial score (nSPS) is 28.0. The molecule has 0 aromatic carbocycles. The number of amides is 1. The summed E-state index contributed by atoms with van der Waals surface area (Å²) in [7, 11) is 0. The predicted octanol–water partition coefficient (Wildman–Crippen LogP) is 0.305. The van der Waals surface area contributed by atoms with E-state index in [2.05, 4.69) is 10.5 Å². The third kappa shape index (κ3) is 1.81. The smallest absolute Gasteiger partial charge is 0.309 e. The fraction of sp³-hybridized carbons (Fsp3) is 0.300. The van der Waals surface area contributed by atoms with Crippen LogP contribution in [0.4, 0.5) is 0 Å². The Morgan fingerprint density at radius 2 is 2.07 bits per heavy atom. The third-order valence-corrected chi connectivity index (χ3v) is 2.46. The maximum Gasteiger partial charge on any atom is 0.309 e. The summed E-state index contributed by atoms with van der Waals surface area (Å²) >= 11 is 0. The van der Waals surface area contributed by atoms with Gasteiger partial charge in [-0.05, 0) is 0 Å². The summed E-state index contributed by atoms with van der Waals surface area (Å²) in [6.07, 6.45) is 7.02. The minimum atomic E-state index is -0.938. The number of carboxylic acids is 1. The quantitative estimate of drug-likeness (QED) is 0.682. The number of fused-ring (bicyclic) bond motifs is 1. The van der Waals surface area contributed by atoms with Gasteiger partial charge in [0.1, 0.15) is 0 Å². The van der Waals surface area contributed by atoms with Crippen molar-refractivity contribution < 1.29 is 14.7 Å². The van der Waals surface area contributed by atoms with Gasteiger partial charge in [-0.1, -0.05) is 24.3 Å². The van der Waals surface area contributed by atoms with Gasteiger partial charge in [-0.25, -0.2) is 5.43 Å². The van der Waals surface area contributed by atoms with Crippen molar-refractivity contribution >= 4 is 17.6 Å². The van der Waals surface area contributed by atoms with Crippen molar-refractivity contribution in [3.05, 3.63) is 24.3 Å². The molecule has 0 saturated heterocycles.